The summed E-state index contributed by atoms with van der Waals surface area (Å²) in [7, 11) is 0. The van der Waals surface area contributed by atoms with Gasteiger partial charge >= 0.3 is 11.9 Å². The van der Waals surface area contributed by atoms with E-state index in [1.807, 2.05) is 0 Å². The van der Waals surface area contributed by atoms with Crippen LogP contribution in [0.3, 0.4) is 0 Å². The van der Waals surface area contributed by atoms with Crippen molar-refractivity contribution in [2.24, 2.45) is 11.7 Å². The molecule has 3 unspecified atom stereocenters. The molecule has 0 radical (unpaired) electrons. The summed E-state index contributed by atoms with van der Waals surface area (Å²) < 4.78 is 4.47. The van der Waals surface area contributed by atoms with Crippen molar-refractivity contribution < 1.29 is 19.4 Å². The van der Waals surface area contributed by atoms with Crippen LogP contribution < -0.4 is 11.1 Å². The quantitative estimate of drug-likeness (QED) is 0.347. The summed E-state index contributed by atoms with van der Waals surface area (Å²) in [6.07, 6.45) is 7.35. The van der Waals surface area contributed by atoms with Crippen molar-refractivity contribution in [2.75, 3.05) is 18.9 Å². The number of carbonyl (C=O) groups excluding carboxylic acids is 1. The summed E-state index contributed by atoms with van der Waals surface area (Å²) in [5.74, 6) is -1.64. The van der Waals surface area contributed by atoms with Crippen molar-refractivity contribution in [3.05, 3.63) is 0 Å². The second-order valence-corrected chi connectivity index (χ2v) is 5.87. The Morgan fingerprint density at radius 1 is 1.38 bits per heavy atom. The highest BCUT2D eigenvalue weighted by Crippen LogP contribution is 2.29. The van der Waals surface area contributed by atoms with Crippen molar-refractivity contribution in [3.63, 3.8) is 0 Å². The lowest BCUT2D eigenvalue weighted by Gasteiger charge is -2.24. The van der Waals surface area contributed by atoms with Crippen molar-refractivity contribution in [3.8, 4) is 0 Å². The average molecular weight is 318 g/mol. The fourth-order valence-electron chi connectivity index (χ4n) is 2.76. The van der Waals surface area contributed by atoms with E-state index >= 15 is 0 Å². The molecule has 0 aromatic carbocycles. The highest BCUT2D eigenvalue weighted by molar-refractivity contribution is 7.80. The number of hydrogen-bond acceptors (Lipinski definition) is 6. The highest BCUT2D eigenvalue weighted by Gasteiger charge is 2.42. The molecule has 0 bridgehead atoms. The standard InChI is InChI=1S/C8H15N.C6H11NO4S/c1-2-4-8-7(3-1)5-6-9-8;1-2-11-5(10)6(7,3-12)4(8)9/h7-9H,1-6H2;12H,2-3,7H2,1H3,(H,8,9). The minimum atomic E-state index is -2.03. The Bertz CT molecular complexity index is 355. The lowest BCUT2D eigenvalue weighted by Crippen LogP contribution is -2.57. The molecule has 4 N–H and O–H groups in total. The van der Waals surface area contributed by atoms with Crippen molar-refractivity contribution >= 4 is 24.6 Å². The predicted molar refractivity (Wildman–Crippen MR) is 83.4 cm³/mol. The van der Waals surface area contributed by atoms with Crippen LogP contribution in [-0.4, -0.2) is 47.5 Å². The van der Waals surface area contributed by atoms with Crippen molar-refractivity contribution in [1.82, 2.24) is 5.32 Å². The third-order valence-corrected chi connectivity index (χ3v) is 4.60. The van der Waals surface area contributed by atoms with Crippen molar-refractivity contribution in [1.29, 1.82) is 0 Å². The normalized spacial score (nSPS) is 26.8. The maximum absolute atomic E-state index is 11.0. The van der Waals surface area contributed by atoms with Gasteiger partial charge in [0.15, 0.2) is 0 Å². The van der Waals surface area contributed by atoms with E-state index in [1.54, 1.807) is 6.92 Å². The Kier molecular flexibility index (Phi) is 7.48. The van der Waals surface area contributed by atoms with Gasteiger partial charge < -0.3 is 20.9 Å². The molecule has 21 heavy (non-hydrogen) atoms. The molecular weight excluding hydrogens is 292 g/mol. The SMILES string of the molecule is C1CCC2NCCC2C1.CCOC(=O)C(N)(CS)C(=O)O. The van der Waals surface area contributed by atoms with Gasteiger partial charge in [-0.1, -0.05) is 12.8 Å². The van der Waals surface area contributed by atoms with Crippen LogP contribution in [0.5, 0.6) is 0 Å². The van der Waals surface area contributed by atoms with E-state index in [4.69, 9.17) is 10.8 Å². The van der Waals surface area contributed by atoms with Crippen molar-refractivity contribution in [2.45, 2.75) is 50.6 Å². The molecule has 1 aliphatic carbocycles. The molecule has 2 rings (SSSR count). The van der Waals surface area contributed by atoms with Gasteiger partial charge in [0.2, 0.25) is 5.54 Å². The Labute approximate surface area is 131 Å². The third-order valence-electron chi connectivity index (χ3n) is 4.10. The fraction of sp³-hybridized carbons (Fsp3) is 0.857. The zero-order chi connectivity index (χ0) is 15.9. The lowest BCUT2D eigenvalue weighted by atomic mass is 9.86. The van der Waals surface area contributed by atoms with E-state index < -0.39 is 17.5 Å². The van der Waals surface area contributed by atoms with E-state index in [0.29, 0.717) is 0 Å². The van der Waals surface area contributed by atoms with Gasteiger partial charge in [-0.2, -0.15) is 12.6 Å². The number of hydrogen-bond donors (Lipinski definition) is 4. The molecule has 0 aromatic heterocycles. The Balaban J connectivity index is 0.000000216. The number of nitrogens with two attached hydrogens (primary N) is 1. The van der Waals surface area contributed by atoms with Crippen LogP contribution in [0.1, 0.15) is 39.0 Å². The molecule has 7 heteroatoms. The van der Waals surface area contributed by atoms with E-state index in [1.165, 1.54) is 38.6 Å². The molecular formula is C14H26N2O4S. The Morgan fingerprint density at radius 3 is 2.57 bits per heavy atom. The number of rotatable bonds is 4. The number of thiol groups is 1. The van der Waals surface area contributed by atoms with Crippen LogP contribution in [0.25, 0.3) is 0 Å². The number of nitrogens with one attached hydrogen (secondary N) is 1. The van der Waals surface area contributed by atoms with E-state index in [9.17, 15) is 9.59 Å². The number of fused-ring (bicyclic) bond motifs is 1. The average Bonchev–Trinajstić information content (AvgIpc) is 2.95. The van der Waals surface area contributed by atoms with Gasteiger partial charge in [0.1, 0.15) is 0 Å². The van der Waals surface area contributed by atoms with Gasteiger partial charge in [-0.15, -0.1) is 0 Å². The molecule has 0 spiro atoms. The number of ether oxygens (including phenoxy) is 1. The number of aliphatic carboxylic acids is 1. The molecule has 1 saturated carbocycles. The largest absolute Gasteiger partial charge is 0.479 e. The number of carboxylic acid groups (broad SMARTS) is 1. The van der Waals surface area contributed by atoms with E-state index in [2.05, 4.69) is 22.7 Å². The first-order valence-corrected chi connectivity index (χ1v) is 8.12. The van der Waals surface area contributed by atoms with Crippen LogP contribution >= 0.6 is 12.6 Å². The molecule has 2 fully saturated rings. The molecule has 1 heterocycles. The minimum absolute atomic E-state index is 0.0961. The smallest absolute Gasteiger partial charge is 0.338 e. The summed E-state index contributed by atoms with van der Waals surface area (Å²) >= 11 is 3.67. The van der Waals surface area contributed by atoms with Crippen LogP contribution in [0.15, 0.2) is 0 Å². The molecule has 0 amide bonds. The summed E-state index contributed by atoms with van der Waals surface area (Å²) in [6.45, 7) is 2.95. The number of esters is 1. The maximum Gasteiger partial charge on any atom is 0.338 e. The zero-order valence-corrected chi connectivity index (χ0v) is 13.4. The second-order valence-electron chi connectivity index (χ2n) is 5.55. The first-order valence-electron chi connectivity index (χ1n) is 7.49. The van der Waals surface area contributed by atoms with Gasteiger partial charge in [0.25, 0.3) is 0 Å². The van der Waals surface area contributed by atoms with Gasteiger partial charge in [-0.25, -0.2) is 9.59 Å². The van der Waals surface area contributed by atoms with Gasteiger partial charge in [0.05, 0.1) is 6.61 Å². The maximum atomic E-state index is 11.0. The molecule has 3 atom stereocenters. The summed E-state index contributed by atoms with van der Waals surface area (Å²) in [4.78, 5) is 21.5. The van der Waals surface area contributed by atoms with E-state index in [-0.39, 0.29) is 12.4 Å². The van der Waals surface area contributed by atoms with Crippen LogP contribution in [-0.2, 0) is 14.3 Å². The van der Waals surface area contributed by atoms with Crippen LogP contribution in [0, 0.1) is 5.92 Å². The minimum Gasteiger partial charge on any atom is -0.479 e. The number of carbonyl (C=O) groups is 2. The Hall–Kier alpha value is -0.790. The number of carboxylic acids is 1. The van der Waals surface area contributed by atoms with Crippen LogP contribution in [0.4, 0.5) is 0 Å². The monoisotopic (exact) mass is 318 g/mol. The molecule has 6 nitrogen and oxygen atoms in total. The topological polar surface area (TPSA) is 102 Å². The summed E-state index contributed by atoms with van der Waals surface area (Å²) in [6, 6.07) is 0.916. The van der Waals surface area contributed by atoms with E-state index in [0.717, 1.165) is 12.0 Å². The highest BCUT2D eigenvalue weighted by atomic mass is 32.1. The third kappa shape index (κ3) is 4.86. The predicted octanol–water partition coefficient (Wildman–Crippen LogP) is 0.800. The summed E-state index contributed by atoms with van der Waals surface area (Å²) in [5.41, 5.74) is 3.19. The van der Waals surface area contributed by atoms with Gasteiger partial charge in [-0.05, 0) is 38.6 Å². The summed E-state index contributed by atoms with van der Waals surface area (Å²) in [5, 5.41) is 12.1. The van der Waals surface area contributed by atoms with Crippen LogP contribution in [0.2, 0.25) is 0 Å². The molecule has 2 aliphatic rings. The fourth-order valence-corrected chi connectivity index (χ4v) is 3.02. The molecule has 0 aromatic rings. The Morgan fingerprint density at radius 2 is 2.05 bits per heavy atom. The van der Waals surface area contributed by atoms with Gasteiger partial charge in [0, 0.05) is 11.8 Å². The zero-order valence-electron chi connectivity index (χ0n) is 12.5. The molecule has 122 valence electrons. The first kappa shape index (κ1) is 18.3. The molecule has 1 saturated heterocycles. The molecule has 1 aliphatic heterocycles. The lowest BCUT2D eigenvalue weighted by molar-refractivity contribution is -0.159. The second kappa shape index (κ2) is 8.60. The van der Waals surface area contributed by atoms with Gasteiger partial charge in [-0.3, -0.25) is 0 Å². The first-order chi connectivity index (χ1) is 9.95.